The summed E-state index contributed by atoms with van der Waals surface area (Å²) < 4.78 is 0. The summed E-state index contributed by atoms with van der Waals surface area (Å²) in [6.45, 7) is 2.37. The number of aliphatic hydroxyl groups is 1. The molecule has 0 aromatic heterocycles. The molecule has 15 heavy (non-hydrogen) atoms. The highest BCUT2D eigenvalue weighted by Crippen LogP contribution is 2.27. The molecule has 0 radical (unpaired) electrons. The molecule has 2 nitrogen and oxygen atoms in total. The van der Waals surface area contributed by atoms with Crippen molar-refractivity contribution < 1.29 is 5.11 Å². The minimum absolute atomic E-state index is 0. The number of aliphatic hydroxyl groups excluding tert-OH is 1. The van der Waals surface area contributed by atoms with Crippen molar-refractivity contribution in [1.82, 2.24) is 5.32 Å². The topological polar surface area (TPSA) is 32.3 Å². The molecule has 1 heterocycles. The normalized spacial score (nSPS) is 17.1. The van der Waals surface area contributed by atoms with E-state index in [0.29, 0.717) is 5.92 Å². The van der Waals surface area contributed by atoms with Crippen LogP contribution in [0.25, 0.3) is 0 Å². The third-order valence-electron chi connectivity index (χ3n) is 3.00. The number of halogens is 1. The summed E-state index contributed by atoms with van der Waals surface area (Å²) in [5.41, 5.74) is 2.44. The SMILES string of the molecule is Cl.OCc1ccccc1C1CCNCC1. The number of hydrogen-bond donors (Lipinski definition) is 2. The van der Waals surface area contributed by atoms with E-state index < -0.39 is 0 Å². The zero-order valence-electron chi connectivity index (χ0n) is 8.78. The molecule has 1 aliphatic rings. The van der Waals surface area contributed by atoms with Crippen LogP contribution in [0.4, 0.5) is 0 Å². The van der Waals surface area contributed by atoms with Gasteiger partial charge in [0.2, 0.25) is 0 Å². The summed E-state index contributed by atoms with van der Waals surface area (Å²) >= 11 is 0. The fourth-order valence-electron chi connectivity index (χ4n) is 2.21. The Hall–Kier alpha value is -0.570. The molecule has 84 valence electrons. The number of piperidine rings is 1. The average molecular weight is 228 g/mol. The Morgan fingerprint density at radius 1 is 1.20 bits per heavy atom. The molecule has 2 N–H and O–H groups in total. The van der Waals surface area contributed by atoms with Crippen LogP contribution in [0.1, 0.15) is 29.9 Å². The molecule has 0 amide bonds. The molecular weight excluding hydrogens is 210 g/mol. The van der Waals surface area contributed by atoms with Gasteiger partial charge < -0.3 is 10.4 Å². The van der Waals surface area contributed by atoms with Gasteiger partial charge in [-0.25, -0.2) is 0 Å². The maximum Gasteiger partial charge on any atom is 0.0684 e. The molecule has 0 atom stereocenters. The van der Waals surface area contributed by atoms with Crippen molar-refractivity contribution in [3.8, 4) is 0 Å². The zero-order valence-corrected chi connectivity index (χ0v) is 9.59. The van der Waals surface area contributed by atoms with Crippen LogP contribution in [0.5, 0.6) is 0 Å². The predicted octanol–water partition coefficient (Wildman–Crippen LogP) is 2.07. The van der Waals surface area contributed by atoms with E-state index in [4.69, 9.17) is 0 Å². The van der Waals surface area contributed by atoms with Crippen LogP contribution in [0.15, 0.2) is 24.3 Å². The van der Waals surface area contributed by atoms with E-state index in [-0.39, 0.29) is 19.0 Å². The first-order valence-electron chi connectivity index (χ1n) is 5.31. The molecule has 1 aliphatic heterocycles. The fraction of sp³-hybridized carbons (Fsp3) is 0.500. The minimum Gasteiger partial charge on any atom is -0.392 e. The van der Waals surface area contributed by atoms with Gasteiger partial charge in [-0.05, 0) is 43.0 Å². The Labute approximate surface area is 97.1 Å². The number of hydrogen-bond acceptors (Lipinski definition) is 2. The molecule has 0 bridgehead atoms. The molecular formula is C12H18ClNO. The monoisotopic (exact) mass is 227 g/mol. The summed E-state index contributed by atoms with van der Waals surface area (Å²) in [5, 5.41) is 12.6. The highest BCUT2D eigenvalue weighted by Gasteiger charge is 2.16. The molecule has 0 spiro atoms. The van der Waals surface area contributed by atoms with Crippen LogP contribution in [-0.4, -0.2) is 18.2 Å². The van der Waals surface area contributed by atoms with Crippen LogP contribution in [0.3, 0.4) is 0 Å². The highest BCUT2D eigenvalue weighted by molar-refractivity contribution is 5.85. The first-order valence-corrected chi connectivity index (χ1v) is 5.31. The number of rotatable bonds is 2. The lowest BCUT2D eigenvalue weighted by atomic mass is 9.87. The van der Waals surface area contributed by atoms with Gasteiger partial charge in [-0.1, -0.05) is 24.3 Å². The molecule has 2 rings (SSSR count). The summed E-state index contributed by atoms with van der Waals surface area (Å²) in [5.74, 6) is 0.639. The van der Waals surface area contributed by atoms with Crippen LogP contribution in [0, 0.1) is 0 Å². The van der Waals surface area contributed by atoms with Gasteiger partial charge in [-0.3, -0.25) is 0 Å². The molecule has 1 aromatic rings. The smallest absolute Gasteiger partial charge is 0.0684 e. The molecule has 0 unspecified atom stereocenters. The van der Waals surface area contributed by atoms with Gasteiger partial charge in [0.1, 0.15) is 0 Å². The number of nitrogens with one attached hydrogen (secondary N) is 1. The molecule has 1 saturated heterocycles. The largest absolute Gasteiger partial charge is 0.392 e. The molecule has 1 fully saturated rings. The van der Waals surface area contributed by atoms with Gasteiger partial charge in [0.25, 0.3) is 0 Å². The van der Waals surface area contributed by atoms with Gasteiger partial charge in [-0.2, -0.15) is 0 Å². The summed E-state index contributed by atoms with van der Waals surface area (Å²) in [6, 6.07) is 8.24. The second-order valence-electron chi connectivity index (χ2n) is 3.88. The summed E-state index contributed by atoms with van der Waals surface area (Å²) in [4.78, 5) is 0. The first kappa shape index (κ1) is 12.5. The van der Waals surface area contributed by atoms with E-state index in [1.165, 1.54) is 18.4 Å². The van der Waals surface area contributed by atoms with Crippen molar-refractivity contribution in [3.63, 3.8) is 0 Å². The van der Waals surface area contributed by atoms with Crippen molar-refractivity contribution >= 4 is 12.4 Å². The molecule has 0 aliphatic carbocycles. The molecule has 1 aromatic carbocycles. The Kier molecular flexibility index (Phi) is 5.09. The van der Waals surface area contributed by atoms with Crippen LogP contribution in [0.2, 0.25) is 0 Å². The second kappa shape index (κ2) is 6.11. The Bertz CT molecular complexity index is 297. The van der Waals surface area contributed by atoms with E-state index in [2.05, 4.69) is 17.4 Å². The van der Waals surface area contributed by atoms with Crippen molar-refractivity contribution in [2.24, 2.45) is 0 Å². The lowest BCUT2D eigenvalue weighted by Gasteiger charge is -2.24. The van der Waals surface area contributed by atoms with E-state index >= 15 is 0 Å². The first-order chi connectivity index (χ1) is 6.92. The van der Waals surface area contributed by atoms with E-state index in [1.807, 2.05) is 12.1 Å². The van der Waals surface area contributed by atoms with Gasteiger partial charge in [-0.15, -0.1) is 12.4 Å². The third kappa shape index (κ3) is 2.94. The van der Waals surface area contributed by atoms with E-state index in [1.54, 1.807) is 0 Å². The van der Waals surface area contributed by atoms with Gasteiger partial charge in [0, 0.05) is 0 Å². The quantitative estimate of drug-likeness (QED) is 0.811. The van der Waals surface area contributed by atoms with Gasteiger partial charge in [0.05, 0.1) is 6.61 Å². The Morgan fingerprint density at radius 3 is 2.53 bits per heavy atom. The number of benzene rings is 1. The van der Waals surface area contributed by atoms with Crippen LogP contribution < -0.4 is 5.32 Å². The van der Waals surface area contributed by atoms with Crippen LogP contribution >= 0.6 is 12.4 Å². The minimum atomic E-state index is 0. The zero-order chi connectivity index (χ0) is 9.80. The maximum absolute atomic E-state index is 9.23. The third-order valence-corrected chi connectivity index (χ3v) is 3.00. The van der Waals surface area contributed by atoms with Gasteiger partial charge in [0.15, 0.2) is 0 Å². The fourth-order valence-corrected chi connectivity index (χ4v) is 2.21. The lowest BCUT2D eigenvalue weighted by Crippen LogP contribution is -2.27. The van der Waals surface area contributed by atoms with Gasteiger partial charge >= 0.3 is 0 Å². The Balaban J connectivity index is 0.00000112. The van der Waals surface area contributed by atoms with Crippen LogP contribution in [-0.2, 0) is 6.61 Å². The molecule has 3 heteroatoms. The molecule has 0 saturated carbocycles. The summed E-state index contributed by atoms with van der Waals surface area (Å²) in [7, 11) is 0. The maximum atomic E-state index is 9.23. The predicted molar refractivity (Wildman–Crippen MR) is 64.5 cm³/mol. The van der Waals surface area contributed by atoms with Crippen molar-refractivity contribution in [2.75, 3.05) is 13.1 Å². The van der Waals surface area contributed by atoms with E-state index in [9.17, 15) is 5.11 Å². The van der Waals surface area contributed by atoms with Crippen molar-refractivity contribution in [3.05, 3.63) is 35.4 Å². The van der Waals surface area contributed by atoms with Crippen molar-refractivity contribution in [2.45, 2.75) is 25.4 Å². The van der Waals surface area contributed by atoms with E-state index in [0.717, 1.165) is 18.7 Å². The Morgan fingerprint density at radius 2 is 1.87 bits per heavy atom. The highest BCUT2D eigenvalue weighted by atomic mass is 35.5. The second-order valence-corrected chi connectivity index (χ2v) is 3.88. The average Bonchev–Trinajstić information content (AvgIpc) is 2.30. The summed E-state index contributed by atoms with van der Waals surface area (Å²) in [6.07, 6.45) is 2.38. The lowest BCUT2D eigenvalue weighted by molar-refractivity contribution is 0.279. The van der Waals surface area contributed by atoms with Crippen molar-refractivity contribution in [1.29, 1.82) is 0 Å². The standard InChI is InChI=1S/C12H17NO.ClH/c14-9-11-3-1-2-4-12(11)10-5-7-13-8-6-10;/h1-4,10,13-14H,5-9H2;1H.